The Morgan fingerprint density at radius 1 is 1.19 bits per heavy atom. The number of hydrogen-bond acceptors (Lipinski definition) is 6. The highest BCUT2D eigenvalue weighted by Gasteiger charge is 2.18. The van der Waals surface area contributed by atoms with E-state index < -0.39 is 5.82 Å². The smallest absolute Gasteiger partial charge is 0.275 e. The zero-order chi connectivity index (χ0) is 21.9. The van der Waals surface area contributed by atoms with Crippen LogP contribution in [0.15, 0.2) is 35.4 Å². The Morgan fingerprint density at radius 2 is 2.00 bits per heavy atom. The number of rotatable bonds is 7. The summed E-state index contributed by atoms with van der Waals surface area (Å²) < 4.78 is 27.8. The first kappa shape index (κ1) is 21.6. The fraction of sp³-hybridized carbons (Fsp3) is 0.500. The summed E-state index contributed by atoms with van der Waals surface area (Å²) in [5.41, 5.74) is 0.995. The van der Waals surface area contributed by atoms with Crippen molar-refractivity contribution in [1.29, 1.82) is 0 Å². The van der Waals surface area contributed by atoms with E-state index in [1.54, 1.807) is 12.1 Å². The Labute approximate surface area is 190 Å². The van der Waals surface area contributed by atoms with E-state index in [1.807, 2.05) is 6.07 Å². The molecule has 6 nitrogen and oxygen atoms in total. The number of fused-ring (bicyclic) bond motifs is 1. The minimum Gasteiger partial charge on any atom is -0.489 e. The standard InChI is InChI=1S/C24H28FN3O3S/c25-20-14-18(3-4-22(20)31-12-9-27-7-1-2-8-27)28-16-26-21-15-19(32-23(21)24(28)29)13-17-5-10-30-11-6-17/h3-4,14-17H,1-2,5-13H2. The van der Waals surface area contributed by atoms with Gasteiger partial charge in [0.05, 0.1) is 11.2 Å². The highest BCUT2D eigenvalue weighted by Crippen LogP contribution is 2.28. The van der Waals surface area contributed by atoms with Crippen LogP contribution in [0.25, 0.3) is 15.9 Å². The van der Waals surface area contributed by atoms with Crippen LogP contribution < -0.4 is 10.3 Å². The monoisotopic (exact) mass is 457 g/mol. The quantitative estimate of drug-likeness (QED) is 0.536. The van der Waals surface area contributed by atoms with Crippen molar-refractivity contribution in [2.24, 2.45) is 5.92 Å². The second-order valence-corrected chi connectivity index (χ2v) is 9.76. The van der Waals surface area contributed by atoms with Crippen LogP contribution in [0.4, 0.5) is 4.39 Å². The van der Waals surface area contributed by atoms with Crippen LogP contribution in [-0.4, -0.2) is 53.9 Å². The van der Waals surface area contributed by atoms with Gasteiger partial charge in [-0.1, -0.05) is 0 Å². The van der Waals surface area contributed by atoms with Gasteiger partial charge in [-0.25, -0.2) is 9.37 Å². The van der Waals surface area contributed by atoms with E-state index in [9.17, 15) is 9.18 Å². The van der Waals surface area contributed by atoms with Crippen molar-refractivity contribution >= 4 is 21.6 Å². The van der Waals surface area contributed by atoms with Crippen molar-refractivity contribution in [3.63, 3.8) is 0 Å². The van der Waals surface area contributed by atoms with Crippen molar-refractivity contribution in [2.45, 2.75) is 32.1 Å². The minimum absolute atomic E-state index is 0.166. The van der Waals surface area contributed by atoms with E-state index in [0.717, 1.165) is 52.1 Å². The van der Waals surface area contributed by atoms with Crippen molar-refractivity contribution < 1.29 is 13.9 Å². The molecule has 0 unspecified atom stereocenters. The highest BCUT2D eigenvalue weighted by atomic mass is 32.1. The zero-order valence-corrected chi connectivity index (χ0v) is 18.9. The van der Waals surface area contributed by atoms with E-state index in [1.165, 1.54) is 46.0 Å². The molecule has 0 radical (unpaired) electrons. The molecule has 0 spiro atoms. The minimum atomic E-state index is -0.470. The molecule has 3 aromatic rings. The second-order valence-electron chi connectivity index (χ2n) is 8.62. The maximum absolute atomic E-state index is 14.7. The molecular weight excluding hydrogens is 429 g/mol. The SMILES string of the molecule is O=c1c2sc(CC3CCOCC3)cc2ncn1-c1ccc(OCCN2CCCC2)c(F)c1. The topological polar surface area (TPSA) is 56.6 Å². The molecule has 32 heavy (non-hydrogen) atoms. The molecule has 5 rings (SSSR count). The van der Waals surface area contributed by atoms with E-state index >= 15 is 0 Å². The number of benzene rings is 1. The van der Waals surface area contributed by atoms with Gasteiger partial charge in [0.2, 0.25) is 0 Å². The first-order chi connectivity index (χ1) is 15.7. The first-order valence-corrected chi connectivity index (χ1v) is 12.2. The lowest BCUT2D eigenvalue weighted by Gasteiger charge is -2.21. The number of likely N-dealkylation sites (tertiary alicyclic amines) is 1. The molecule has 170 valence electrons. The molecular formula is C24H28FN3O3S. The molecule has 2 aliphatic rings. The summed E-state index contributed by atoms with van der Waals surface area (Å²) in [5.74, 6) is 0.332. The first-order valence-electron chi connectivity index (χ1n) is 11.4. The summed E-state index contributed by atoms with van der Waals surface area (Å²) in [6, 6.07) is 6.66. The lowest BCUT2D eigenvalue weighted by molar-refractivity contribution is 0.0667. The van der Waals surface area contributed by atoms with Crippen LogP contribution in [0.3, 0.4) is 0 Å². The third kappa shape index (κ3) is 4.72. The van der Waals surface area contributed by atoms with Crippen molar-refractivity contribution in [1.82, 2.24) is 14.5 Å². The summed E-state index contributed by atoms with van der Waals surface area (Å²) in [4.78, 5) is 21.1. The number of thiophene rings is 1. The van der Waals surface area contributed by atoms with Gasteiger partial charge in [0.15, 0.2) is 11.6 Å². The van der Waals surface area contributed by atoms with Crippen LogP contribution >= 0.6 is 11.3 Å². The number of halogens is 1. The van der Waals surface area contributed by atoms with Gasteiger partial charge in [-0.3, -0.25) is 14.3 Å². The lowest BCUT2D eigenvalue weighted by Crippen LogP contribution is -2.25. The normalized spacial score (nSPS) is 17.9. The number of hydrogen-bond donors (Lipinski definition) is 0. The van der Waals surface area contributed by atoms with E-state index in [4.69, 9.17) is 9.47 Å². The molecule has 0 bridgehead atoms. The number of aromatic nitrogens is 2. The van der Waals surface area contributed by atoms with Crippen LogP contribution in [0.2, 0.25) is 0 Å². The number of nitrogens with zero attached hydrogens (tertiary/aromatic N) is 3. The molecule has 2 saturated heterocycles. The maximum atomic E-state index is 14.7. The average molecular weight is 458 g/mol. The molecule has 0 atom stereocenters. The predicted octanol–water partition coefficient (Wildman–Crippen LogP) is 4.03. The molecule has 0 N–H and O–H groups in total. The van der Waals surface area contributed by atoms with Gasteiger partial charge in [0.25, 0.3) is 5.56 Å². The summed E-state index contributed by atoms with van der Waals surface area (Å²) in [7, 11) is 0. The zero-order valence-electron chi connectivity index (χ0n) is 18.1. The fourth-order valence-electron chi connectivity index (χ4n) is 4.53. The van der Waals surface area contributed by atoms with Crippen LogP contribution in [-0.2, 0) is 11.2 Å². The molecule has 2 aromatic heterocycles. The Hall–Kier alpha value is -2.29. The van der Waals surface area contributed by atoms with Gasteiger partial charge in [-0.2, -0.15) is 0 Å². The largest absolute Gasteiger partial charge is 0.489 e. The van der Waals surface area contributed by atoms with Gasteiger partial charge in [-0.15, -0.1) is 11.3 Å². The van der Waals surface area contributed by atoms with Crippen LogP contribution in [0.1, 0.15) is 30.6 Å². The Balaban J connectivity index is 1.31. The summed E-state index contributed by atoms with van der Waals surface area (Å²) >= 11 is 1.50. The van der Waals surface area contributed by atoms with E-state index in [0.29, 0.717) is 28.4 Å². The molecule has 2 fully saturated rings. The molecule has 0 saturated carbocycles. The fourth-order valence-corrected chi connectivity index (χ4v) is 5.68. The average Bonchev–Trinajstić information content (AvgIpc) is 3.46. The molecule has 8 heteroatoms. The molecule has 2 aliphatic heterocycles. The van der Waals surface area contributed by atoms with Crippen molar-refractivity contribution in [3.8, 4) is 11.4 Å². The summed E-state index contributed by atoms with van der Waals surface area (Å²) in [5, 5.41) is 0. The van der Waals surface area contributed by atoms with E-state index in [-0.39, 0.29) is 11.3 Å². The van der Waals surface area contributed by atoms with Crippen LogP contribution in [0, 0.1) is 11.7 Å². The van der Waals surface area contributed by atoms with E-state index in [2.05, 4.69) is 9.88 Å². The van der Waals surface area contributed by atoms with Gasteiger partial charge in [0.1, 0.15) is 17.6 Å². The summed E-state index contributed by atoms with van der Waals surface area (Å²) in [6.07, 6.45) is 6.98. The highest BCUT2D eigenvalue weighted by molar-refractivity contribution is 7.18. The Bertz CT molecular complexity index is 1130. The van der Waals surface area contributed by atoms with Gasteiger partial charge in [-0.05, 0) is 69.3 Å². The Morgan fingerprint density at radius 3 is 2.78 bits per heavy atom. The van der Waals surface area contributed by atoms with Crippen LogP contribution in [0.5, 0.6) is 5.75 Å². The van der Waals surface area contributed by atoms with Gasteiger partial charge < -0.3 is 9.47 Å². The number of ether oxygens (including phenoxy) is 2. The lowest BCUT2D eigenvalue weighted by atomic mass is 9.96. The molecule has 1 aromatic carbocycles. The van der Waals surface area contributed by atoms with Crippen molar-refractivity contribution in [2.75, 3.05) is 39.5 Å². The van der Waals surface area contributed by atoms with Gasteiger partial charge >= 0.3 is 0 Å². The summed E-state index contributed by atoms with van der Waals surface area (Å²) in [6.45, 7) is 5.05. The molecule has 4 heterocycles. The Kier molecular flexibility index (Phi) is 6.52. The maximum Gasteiger partial charge on any atom is 0.275 e. The third-order valence-corrected chi connectivity index (χ3v) is 7.51. The molecule has 0 aliphatic carbocycles. The third-order valence-electron chi connectivity index (χ3n) is 6.38. The van der Waals surface area contributed by atoms with Gasteiger partial charge in [0, 0.05) is 30.7 Å². The van der Waals surface area contributed by atoms with Crippen molar-refractivity contribution in [3.05, 3.63) is 51.6 Å². The predicted molar refractivity (Wildman–Crippen MR) is 124 cm³/mol. The molecule has 0 amide bonds. The second kappa shape index (κ2) is 9.68.